The topological polar surface area (TPSA) is 46.3 Å². The molecule has 1 aliphatic carbocycles. The molecule has 0 aromatic heterocycles. The number of benzene rings is 1. The van der Waals surface area contributed by atoms with E-state index in [4.69, 9.17) is 5.73 Å². The Bertz CT molecular complexity index is 481. The maximum Gasteiger partial charge on any atom is 0.227 e. The predicted molar refractivity (Wildman–Crippen MR) is 71.7 cm³/mol. The number of hydrogen-bond acceptors (Lipinski definition) is 2. The predicted octanol–water partition coefficient (Wildman–Crippen LogP) is 1.65. The molecule has 0 radical (unpaired) electrons. The summed E-state index contributed by atoms with van der Waals surface area (Å²) < 4.78 is 0. The Morgan fingerprint density at radius 2 is 2.00 bits per heavy atom. The molecule has 2 unspecified atom stereocenters. The molecule has 3 rings (SSSR count). The van der Waals surface area contributed by atoms with Crippen molar-refractivity contribution in [3.8, 4) is 0 Å². The molecule has 1 fully saturated rings. The third kappa shape index (κ3) is 2.18. The molecule has 1 amide bonds. The van der Waals surface area contributed by atoms with Crippen LogP contribution in [0.2, 0.25) is 0 Å². The van der Waals surface area contributed by atoms with E-state index in [1.54, 1.807) is 0 Å². The Morgan fingerprint density at radius 3 is 2.56 bits per heavy atom. The van der Waals surface area contributed by atoms with Crippen molar-refractivity contribution in [1.29, 1.82) is 0 Å². The summed E-state index contributed by atoms with van der Waals surface area (Å²) >= 11 is 0. The molecule has 1 saturated carbocycles. The van der Waals surface area contributed by atoms with Gasteiger partial charge in [-0.15, -0.1) is 0 Å². The van der Waals surface area contributed by atoms with E-state index >= 15 is 0 Å². The van der Waals surface area contributed by atoms with E-state index in [1.165, 1.54) is 11.1 Å². The third-order valence-corrected chi connectivity index (χ3v) is 3.82. The molecule has 1 aliphatic heterocycles. The van der Waals surface area contributed by atoms with Crippen LogP contribution in [0, 0.1) is 5.92 Å². The van der Waals surface area contributed by atoms with Gasteiger partial charge in [-0.1, -0.05) is 36.4 Å². The van der Waals surface area contributed by atoms with Crippen LogP contribution < -0.4 is 5.73 Å². The molecule has 3 nitrogen and oxygen atoms in total. The minimum absolute atomic E-state index is 0.0941. The fourth-order valence-electron chi connectivity index (χ4n) is 2.52. The maximum atomic E-state index is 12.0. The van der Waals surface area contributed by atoms with Crippen molar-refractivity contribution in [2.45, 2.75) is 18.9 Å². The average Bonchev–Trinajstić information content (AvgIpc) is 3.16. The van der Waals surface area contributed by atoms with Crippen LogP contribution in [-0.2, 0) is 4.79 Å². The molecule has 2 aliphatic rings. The lowest BCUT2D eigenvalue weighted by molar-refractivity contribution is -0.132. The highest BCUT2D eigenvalue weighted by atomic mass is 16.2. The van der Waals surface area contributed by atoms with E-state index in [0.717, 1.165) is 25.9 Å². The summed E-state index contributed by atoms with van der Waals surface area (Å²) in [5.74, 6) is 0.336. The van der Waals surface area contributed by atoms with Gasteiger partial charge in [0, 0.05) is 19.1 Å². The van der Waals surface area contributed by atoms with Crippen molar-refractivity contribution in [3.63, 3.8) is 0 Å². The minimum Gasteiger partial charge on any atom is -0.338 e. The van der Waals surface area contributed by atoms with Crippen LogP contribution in [0.4, 0.5) is 0 Å². The summed E-state index contributed by atoms with van der Waals surface area (Å²) in [4.78, 5) is 14.0. The number of rotatable bonds is 2. The van der Waals surface area contributed by atoms with Gasteiger partial charge in [0.25, 0.3) is 0 Å². The summed E-state index contributed by atoms with van der Waals surface area (Å²) in [5.41, 5.74) is 8.35. The largest absolute Gasteiger partial charge is 0.338 e. The summed E-state index contributed by atoms with van der Waals surface area (Å²) in [6.45, 7) is 1.55. The lowest BCUT2D eigenvalue weighted by Crippen LogP contribution is -2.36. The number of carbonyl (C=O) groups excluding carboxylic acids is 1. The second-order valence-corrected chi connectivity index (χ2v) is 5.14. The summed E-state index contributed by atoms with van der Waals surface area (Å²) in [6.07, 6.45) is 3.98. The normalized spacial score (nSPS) is 26.7. The lowest BCUT2D eigenvalue weighted by atomic mass is 9.99. The first-order valence-corrected chi connectivity index (χ1v) is 6.54. The first-order chi connectivity index (χ1) is 8.75. The van der Waals surface area contributed by atoms with Crippen LogP contribution in [0.1, 0.15) is 18.4 Å². The van der Waals surface area contributed by atoms with Crippen molar-refractivity contribution in [2.75, 3.05) is 13.1 Å². The van der Waals surface area contributed by atoms with Gasteiger partial charge < -0.3 is 10.6 Å². The quantitative estimate of drug-likeness (QED) is 0.857. The van der Waals surface area contributed by atoms with Crippen molar-refractivity contribution in [2.24, 2.45) is 11.7 Å². The highest BCUT2D eigenvalue weighted by molar-refractivity contribution is 5.83. The molecule has 1 aromatic carbocycles. The minimum atomic E-state index is 0.0941. The van der Waals surface area contributed by atoms with E-state index < -0.39 is 0 Å². The molecule has 18 heavy (non-hydrogen) atoms. The summed E-state index contributed by atoms with van der Waals surface area (Å²) in [7, 11) is 0. The van der Waals surface area contributed by atoms with Gasteiger partial charge in [-0.3, -0.25) is 4.79 Å². The Labute approximate surface area is 107 Å². The van der Waals surface area contributed by atoms with Gasteiger partial charge in [0.15, 0.2) is 0 Å². The standard InChI is InChI=1S/C15H18N2O/c16-14-10-13(14)15(18)17-8-6-12(7-9-17)11-4-2-1-3-5-11/h1-6,13-14H,7-10,16H2. The second-order valence-electron chi connectivity index (χ2n) is 5.14. The van der Waals surface area contributed by atoms with Crippen molar-refractivity contribution >= 4 is 11.5 Å². The van der Waals surface area contributed by atoms with E-state index in [-0.39, 0.29) is 17.9 Å². The van der Waals surface area contributed by atoms with Gasteiger partial charge in [-0.05, 0) is 24.0 Å². The Kier molecular flexibility index (Phi) is 2.92. The second kappa shape index (κ2) is 4.58. The molecule has 1 aromatic rings. The fraction of sp³-hybridized carbons (Fsp3) is 0.400. The monoisotopic (exact) mass is 242 g/mol. The molecule has 94 valence electrons. The molecular formula is C15H18N2O. The molecular weight excluding hydrogens is 224 g/mol. The van der Waals surface area contributed by atoms with Gasteiger partial charge in [-0.25, -0.2) is 0 Å². The van der Waals surface area contributed by atoms with Crippen molar-refractivity contribution in [1.82, 2.24) is 4.90 Å². The van der Waals surface area contributed by atoms with Crippen LogP contribution in [0.5, 0.6) is 0 Å². The zero-order valence-corrected chi connectivity index (χ0v) is 10.4. The molecule has 2 N–H and O–H groups in total. The number of carbonyl (C=O) groups is 1. The molecule has 0 spiro atoms. The van der Waals surface area contributed by atoms with E-state index in [0.29, 0.717) is 0 Å². The van der Waals surface area contributed by atoms with Crippen molar-refractivity contribution in [3.05, 3.63) is 42.0 Å². The molecule has 1 heterocycles. The van der Waals surface area contributed by atoms with Crippen LogP contribution in [0.15, 0.2) is 36.4 Å². The summed E-state index contributed by atoms with van der Waals surface area (Å²) in [6, 6.07) is 10.5. The Hall–Kier alpha value is -1.61. The number of amides is 1. The van der Waals surface area contributed by atoms with Crippen molar-refractivity contribution < 1.29 is 4.79 Å². The number of nitrogens with two attached hydrogens (primary N) is 1. The first-order valence-electron chi connectivity index (χ1n) is 6.54. The smallest absolute Gasteiger partial charge is 0.227 e. The summed E-state index contributed by atoms with van der Waals surface area (Å²) in [5, 5.41) is 0. The van der Waals surface area contributed by atoms with Crippen LogP contribution in [0.3, 0.4) is 0 Å². The number of nitrogens with zero attached hydrogens (tertiary/aromatic N) is 1. The Balaban J connectivity index is 1.66. The van der Waals surface area contributed by atoms with Crippen LogP contribution >= 0.6 is 0 Å². The number of hydrogen-bond donors (Lipinski definition) is 1. The SMILES string of the molecule is NC1CC1C(=O)N1CC=C(c2ccccc2)CC1. The van der Waals surface area contributed by atoms with Crippen LogP contribution in [0.25, 0.3) is 5.57 Å². The average molecular weight is 242 g/mol. The molecule has 0 bridgehead atoms. The molecule has 0 saturated heterocycles. The Morgan fingerprint density at radius 1 is 1.28 bits per heavy atom. The van der Waals surface area contributed by atoms with Gasteiger partial charge in [0.05, 0.1) is 5.92 Å². The van der Waals surface area contributed by atoms with Gasteiger partial charge in [0.1, 0.15) is 0 Å². The zero-order valence-electron chi connectivity index (χ0n) is 10.4. The van der Waals surface area contributed by atoms with E-state index in [9.17, 15) is 4.79 Å². The van der Waals surface area contributed by atoms with E-state index in [2.05, 4.69) is 30.3 Å². The zero-order chi connectivity index (χ0) is 12.5. The van der Waals surface area contributed by atoms with E-state index in [1.807, 2.05) is 11.0 Å². The molecule has 3 heteroatoms. The third-order valence-electron chi connectivity index (χ3n) is 3.82. The highest BCUT2D eigenvalue weighted by Gasteiger charge is 2.42. The lowest BCUT2D eigenvalue weighted by Gasteiger charge is -2.26. The van der Waals surface area contributed by atoms with Gasteiger partial charge in [0.2, 0.25) is 5.91 Å². The van der Waals surface area contributed by atoms with Crippen LogP contribution in [-0.4, -0.2) is 29.9 Å². The van der Waals surface area contributed by atoms with Gasteiger partial charge in [-0.2, -0.15) is 0 Å². The molecule has 2 atom stereocenters. The first kappa shape index (κ1) is 11.5. The van der Waals surface area contributed by atoms with Gasteiger partial charge >= 0.3 is 0 Å². The maximum absolute atomic E-state index is 12.0. The fourth-order valence-corrected chi connectivity index (χ4v) is 2.52. The highest BCUT2D eigenvalue weighted by Crippen LogP contribution is 2.31.